The van der Waals surface area contributed by atoms with Crippen LogP contribution in [0.4, 0.5) is 0 Å². The van der Waals surface area contributed by atoms with Crippen molar-refractivity contribution in [3.63, 3.8) is 0 Å². The minimum absolute atomic E-state index is 0.382. The molecule has 3 aliphatic rings. The molecule has 86 valence electrons. The normalized spacial score (nSPS) is 43.4. The van der Waals surface area contributed by atoms with E-state index in [1.54, 1.807) is 0 Å². The van der Waals surface area contributed by atoms with E-state index in [0.717, 1.165) is 50.2 Å². The van der Waals surface area contributed by atoms with E-state index in [-0.39, 0.29) is 5.60 Å². The summed E-state index contributed by atoms with van der Waals surface area (Å²) in [6, 6.07) is 0. The molecule has 3 unspecified atom stereocenters. The number of rotatable bonds is 2. The van der Waals surface area contributed by atoms with Gasteiger partial charge in [0.2, 0.25) is 0 Å². The second-order valence-corrected chi connectivity index (χ2v) is 5.98. The van der Waals surface area contributed by atoms with E-state index in [0.29, 0.717) is 0 Å². The first-order chi connectivity index (χ1) is 7.25. The molecule has 0 aromatic rings. The summed E-state index contributed by atoms with van der Waals surface area (Å²) in [4.78, 5) is 0. The summed E-state index contributed by atoms with van der Waals surface area (Å²) in [6.07, 6.45) is 8.52. The Balaban J connectivity index is 1.60. The standard InChI is InChI=1S/C13H22O2/c14-13(3-5-15-6-4-13)9-12-8-10-1-2-11(12)7-10/h10-12,14H,1-9H2. The molecule has 1 heterocycles. The van der Waals surface area contributed by atoms with Crippen molar-refractivity contribution >= 4 is 0 Å². The Labute approximate surface area is 92.0 Å². The lowest BCUT2D eigenvalue weighted by atomic mass is 9.77. The lowest BCUT2D eigenvalue weighted by molar-refractivity contribution is -0.0798. The van der Waals surface area contributed by atoms with Crippen molar-refractivity contribution in [2.24, 2.45) is 17.8 Å². The van der Waals surface area contributed by atoms with Gasteiger partial charge >= 0.3 is 0 Å². The molecular weight excluding hydrogens is 188 g/mol. The Hall–Kier alpha value is -0.0800. The van der Waals surface area contributed by atoms with E-state index in [1.807, 2.05) is 0 Å². The number of hydrogen-bond donors (Lipinski definition) is 1. The number of hydrogen-bond acceptors (Lipinski definition) is 2. The molecule has 0 amide bonds. The third-order valence-electron chi connectivity index (χ3n) is 4.95. The minimum Gasteiger partial charge on any atom is -0.390 e. The van der Waals surface area contributed by atoms with Gasteiger partial charge in [-0.25, -0.2) is 0 Å². The van der Waals surface area contributed by atoms with Gasteiger partial charge in [0.25, 0.3) is 0 Å². The third kappa shape index (κ3) is 1.94. The number of aliphatic hydroxyl groups is 1. The monoisotopic (exact) mass is 210 g/mol. The summed E-state index contributed by atoms with van der Waals surface area (Å²) in [7, 11) is 0. The van der Waals surface area contributed by atoms with Crippen LogP contribution in [0.15, 0.2) is 0 Å². The predicted octanol–water partition coefficient (Wildman–Crippen LogP) is 2.35. The van der Waals surface area contributed by atoms with Crippen LogP contribution in [0.25, 0.3) is 0 Å². The van der Waals surface area contributed by atoms with Crippen molar-refractivity contribution in [1.29, 1.82) is 0 Å². The number of fused-ring (bicyclic) bond motifs is 2. The van der Waals surface area contributed by atoms with Gasteiger partial charge in [-0.3, -0.25) is 0 Å². The van der Waals surface area contributed by atoms with Gasteiger partial charge in [-0.1, -0.05) is 6.42 Å². The summed E-state index contributed by atoms with van der Waals surface area (Å²) in [5, 5.41) is 10.5. The average molecular weight is 210 g/mol. The highest BCUT2D eigenvalue weighted by Crippen LogP contribution is 2.51. The van der Waals surface area contributed by atoms with Crippen molar-refractivity contribution in [1.82, 2.24) is 0 Å². The fourth-order valence-corrected chi connectivity index (χ4v) is 4.07. The molecule has 2 aliphatic carbocycles. The first-order valence-electron chi connectivity index (χ1n) is 6.55. The zero-order chi connectivity index (χ0) is 10.3. The molecule has 1 N–H and O–H groups in total. The molecule has 15 heavy (non-hydrogen) atoms. The summed E-state index contributed by atoms with van der Waals surface area (Å²) >= 11 is 0. The maximum absolute atomic E-state index is 10.5. The van der Waals surface area contributed by atoms with E-state index in [9.17, 15) is 5.11 Å². The highest BCUT2D eigenvalue weighted by molar-refractivity contribution is 4.94. The van der Waals surface area contributed by atoms with E-state index in [1.165, 1.54) is 25.7 Å². The smallest absolute Gasteiger partial charge is 0.0694 e. The van der Waals surface area contributed by atoms with Crippen LogP contribution < -0.4 is 0 Å². The topological polar surface area (TPSA) is 29.5 Å². The highest BCUT2D eigenvalue weighted by Gasteiger charge is 2.43. The van der Waals surface area contributed by atoms with Gasteiger partial charge in [-0.15, -0.1) is 0 Å². The summed E-state index contributed by atoms with van der Waals surface area (Å²) in [6.45, 7) is 1.52. The van der Waals surface area contributed by atoms with Gasteiger partial charge in [0.1, 0.15) is 0 Å². The third-order valence-corrected chi connectivity index (χ3v) is 4.95. The molecule has 0 spiro atoms. The molecule has 0 radical (unpaired) electrons. The summed E-state index contributed by atoms with van der Waals surface area (Å²) in [5.41, 5.74) is -0.382. The molecule has 1 saturated heterocycles. The van der Waals surface area contributed by atoms with Crippen LogP contribution in [-0.2, 0) is 4.74 Å². The van der Waals surface area contributed by atoms with Crippen LogP contribution in [0.3, 0.4) is 0 Å². The lowest BCUT2D eigenvalue weighted by Gasteiger charge is -2.36. The molecule has 2 nitrogen and oxygen atoms in total. The predicted molar refractivity (Wildman–Crippen MR) is 58.6 cm³/mol. The molecule has 3 fully saturated rings. The van der Waals surface area contributed by atoms with Crippen molar-refractivity contribution in [3.8, 4) is 0 Å². The molecule has 1 aliphatic heterocycles. The van der Waals surface area contributed by atoms with E-state index in [2.05, 4.69) is 0 Å². The molecular formula is C13H22O2. The maximum atomic E-state index is 10.5. The molecule has 2 saturated carbocycles. The fourth-order valence-electron chi connectivity index (χ4n) is 4.07. The Kier molecular flexibility index (Phi) is 2.52. The van der Waals surface area contributed by atoms with Crippen LogP contribution in [-0.4, -0.2) is 23.9 Å². The first-order valence-corrected chi connectivity index (χ1v) is 6.55. The molecule has 2 heteroatoms. The second kappa shape index (κ2) is 3.74. The Bertz CT molecular complexity index is 233. The maximum Gasteiger partial charge on any atom is 0.0694 e. The first kappa shape index (κ1) is 10.1. The molecule has 0 aromatic carbocycles. The van der Waals surface area contributed by atoms with Crippen molar-refractivity contribution in [3.05, 3.63) is 0 Å². The molecule has 3 atom stereocenters. The van der Waals surface area contributed by atoms with Gasteiger partial charge in [-0.05, 0) is 56.3 Å². The van der Waals surface area contributed by atoms with Crippen LogP contribution in [0.1, 0.15) is 44.9 Å². The summed E-state index contributed by atoms with van der Waals surface area (Å²) in [5.74, 6) is 2.78. The lowest BCUT2D eigenvalue weighted by Crippen LogP contribution is -2.38. The Morgan fingerprint density at radius 3 is 2.53 bits per heavy atom. The second-order valence-electron chi connectivity index (χ2n) is 5.98. The van der Waals surface area contributed by atoms with E-state index < -0.39 is 0 Å². The van der Waals surface area contributed by atoms with Gasteiger partial charge in [0.05, 0.1) is 5.60 Å². The van der Waals surface area contributed by atoms with Gasteiger partial charge < -0.3 is 9.84 Å². The Morgan fingerprint density at radius 1 is 1.13 bits per heavy atom. The summed E-state index contributed by atoms with van der Waals surface area (Å²) < 4.78 is 5.33. The molecule has 2 bridgehead atoms. The van der Waals surface area contributed by atoms with E-state index in [4.69, 9.17) is 4.74 Å². The Morgan fingerprint density at radius 2 is 1.93 bits per heavy atom. The van der Waals surface area contributed by atoms with Gasteiger partial charge in [0.15, 0.2) is 0 Å². The van der Waals surface area contributed by atoms with Gasteiger partial charge in [0, 0.05) is 13.2 Å². The number of ether oxygens (including phenoxy) is 1. The van der Waals surface area contributed by atoms with Gasteiger partial charge in [-0.2, -0.15) is 0 Å². The SMILES string of the molecule is OC1(CC2CC3CCC2C3)CCOCC1. The molecule has 3 rings (SSSR count). The highest BCUT2D eigenvalue weighted by atomic mass is 16.5. The van der Waals surface area contributed by atoms with Crippen molar-refractivity contribution < 1.29 is 9.84 Å². The molecule has 0 aromatic heterocycles. The quantitative estimate of drug-likeness (QED) is 0.758. The minimum atomic E-state index is -0.382. The van der Waals surface area contributed by atoms with Crippen LogP contribution >= 0.6 is 0 Å². The van der Waals surface area contributed by atoms with Crippen LogP contribution in [0.2, 0.25) is 0 Å². The van der Waals surface area contributed by atoms with E-state index >= 15 is 0 Å². The van der Waals surface area contributed by atoms with Crippen molar-refractivity contribution in [2.45, 2.75) is 50.5 Å². The zero-order valence-corrected chi connectivity index (χ0v) is 9.45. The van der Waals surface area contributed by atoms with Crippen LogP contribution in [0, 0.1) is 17.8 Å². The van der Waals surface area contributed by atoms with Crippen molar-refractivity contribution in [2.75, 3.05) is 13.2 Å². The van der Waals surface area contributed by atoms with Crippen LogP contribution in [0.5, 0.6) is 0 Å². The largest absolute Gasteiger partial charge is 0.390 e. The zero-order valence-electron chi connectivity index (χ0n) is 9.45. The average Bonchev–Trinajstić information content (AvgIpc) is 2.79. The fraction of sp³-hybridized carbons (Fsp3) is 1.00.